The van der Waals surface area contributed by atoms with Gasteiger partial charge in [-0.15, -0.1) is 0 Å². The van der Waals surface area contributed by atoms with Crippen molar-refractivity contribution in [3.63, 3.8) is 0 Å². The highest BCUT2D eigenvalue weighted by Crippen LogP contribution is 2.22. The summed E-state index contributed by atoms with van der Waals surface area (Å²) in [6.07, 6.45) is 2.88. The molecular formula is C14H20FNO. The normalized spacial score (nSPS) is 23.6. The number of piperidine rings is 1. The van der Waals surface area contributed by atoms with E-state index in [0.29, 0.717) is 18.2 Å². The van der Waals surface area contributed by atoms with Crippen LogP contribution in [0.3, 0.4) is 0 Å². The minimum atomic E-state index is -0.725. The van der Waals surface area contributed by atoms with Crippen LogP contribution in [0, 0.1) is 5.82 Å². The van der Waals surface area contributed by atoms with Crippen molar-refractivity contribution >= 4 is 0 Å². The number of aliphatic hydroxyl groups is 1. The first kappa shape index (κ1) is 12.5. The summed E-state index contributed by atoms with van der Waals surface area (Å²) < 4.78 is 13.5. The van der Waals surface area contributed by atoms with E-state index in [1.54, 1.807) is 18.2 Å². The second-order valence-electron chi connectivity index (χ2n) is 4.88. The lowest BCUT2D eigenvalue weighted by molar-refractivity contribution is 0.0713. The Labute approximate surface area is 102 Å². The van der Waals surface area contributed by atoms with Crippen LogP contribution in [0.1, 0.15) is 37.9 Å². The summed E-state index contributed by atoms with van der Waals surface area (Å²) in [6.45, 7) is 3.71. The molecule has 1 heterocycles. The first-order valence-electron chi connectivity index (χ1n) is 6.35. The van der Waals surface area contributed by atoms with Gasteiger partial charge in [0, 0.05) is 18.2 Å². The van der Waals surface area contributed by atoms with Crippen molar-refractivity contribution in [2.24, 2.45) is 0 Å². The average Bonchev–Trinajstić information content (AvgIpc) is 2.32. The summed E-state index contributed by atoms with van der Waals surface area (Å²) in [5.74, 6) is -0.315. The average molecular weight is 237 g/mol. The van der Waals surface area contributed by atoms with Crippen molar-refractivity contribution in [3.8, 4) is 0 Å². The van der Waals surface area contributed by atoms with E-state index in [1.807, 2.05) is 0 Å². The minimum absolute atomic E-state index is 0.315. The molecular weight excluding hydrogens is 217 g/mol. The third-order valence-electron chi connectivity index (χ3n) is 3.61. The lowest BCUT2D eigenvalue weighted by Crippen LogP contribution is -2.40. The van der Waals surface area contributed by atoms with Gasteiger partial charge in [-0.2, -0.15) is 0 Å². The lowest BCUT2D eigenvalue weighted by atomic mass is 10.0. The van der Waals surface area contributed by atoms with E-state index in [-0.39, 0.29) is 5.82 Å². The zero-order chi connectivity index (χ0) is 12.3. The summed E-state index contributed by atoms with van der Waals surface area (Å²) >= 11 is 0. The third kappa shape index (κ3) is 3.05. The molecule has 1 N–H and O–H groups in total. The molecule has 1 aromatic carbocycles. The Bertz CT molecular complexity index is 369. The molecule has 0 aliphatic carbocycles. The molecule has 1 aliphatic rings. The smallest absolute Gasteiger partial charge is 0.129 e. The second-order valence-corrected chi connectivity index (χ2v) is 4.88. The van der Waals surface area contributed by atoms with Crippen LogP contribution >= 0.6 is 0 Å². The summed E-state index contributed by atoms with van der Waals surface area (Å²) in [5.41, 5.74) is 0.408. The number of hydrogen-bond acceptors (Lipinski definition) is 2. The van der Waals surface area contributed by atoms with Gasteiger partial charge in [0.1, 0.15) is 5.82 Å². The molecule has 0 radical (unpaired) electrons. The molecule has 0 aromatic heterocycles. The number of rotatable bonds is 3. The maximum absolute atomic E-state index is 13.5. The van der Waals surface area contributed by atoms with E-state index in [4.69, 9.17) is 0 Å². The highest BCUT2D eigenvalue weighted by atomic mass is 19.1. The van der Waals surface area contributed by atoms with E-state index in [2.05, 4.69) is 11.8 Å². The Morgan fingerprint density at radius 1 is 1.41 bits per heavy atom. The molecule has 2 nitrogen and oxygen atoms in total. The van der Waals surface area contributed by atoms with Crippen LogP contribution in [-0.4, -0.2) is 29.1 Å². The van der Waals surface area contributed by atoms with Gasteiger partial charge in [-0.25, -0.2) is 4.39 Å². The number of benzene rings is 1. The Hall–Kier alpha value is -0.930. The molecule has 94 valence electrons. The molecule has 3 heteroatoms. The molecule has 1 aromatic rings. The van der Waals surface area contributed by atoms with E-state index in [9.17, 15) is 9.50 Å². The van der Waals surface area contributed by atoms with Crippen LogP contribution in [0.2, 0.25) is 0 Å². The molecule has 2 rings (SSSR count). The summed E-state index contributed by atoms with van der Waals surface area (Å²) in [4.78, 5) is 2.25. The van der Waals surface area contributed by atoms with E-state index >= 15 is 0 Å². The van der Waals surface area contributed by atoms with Crippen LogP contribution in [-0.2, 0) is 0 Å². The standard InChI is InChI=1S/C14H20FNO/c1-11-6-4-5-9-16(11)10-14(17)12-7-2-3-8-13(12)15/h2-3,7-8,11,14,17H,4-6,9-10H2,1H3/t11-,14+/m1/s1. The molecule has 0 amide bonds. The Kier molecular flexibility index (Phi) is 4.13. The van der Waals surface area contributed by atoms with Crippen LogP contribution < -0.4 is 0 Å². The van der Waals surface area contributed by atoms with Gasteiger partial charge in [0.2, 0.25) is 0 Å². The number of hydrogen-bond donors (Lipinski definition) is 1. The van der Waals surface area contributed by atoms with Gasteiger partial charge < -0.3 is 5.11 Å². The summed E-state index contributed by atoms with van der Waals surface area (Å²) in [5, 5.41) is 10.1. The Morgan fingerprint density at radius 3 is 2.88 bits per heavy atom. The van der Waals surface area contributed by atoms with Gasteiger partial charge in [0.05, 0.1) is 6.10 Å². The zero-order valence-corrected chi connectivity index (χ0v) is 10.3. The monoisotopic (exact) mass is 237 g/mol. The summed E-state index contributed by atoms with van der Waals surface area (Å²) in [7, 11) is 0. The highest BCUT2D eigenvalue weighted by molar-refractivity contribution is 5.20. The van der Waals surface area contributed by atoms with Gasteiger partial charge in [-0.1, -0.05) is 24.6 Å². The molecule has 1 saturated heterocycles. The van der Waals surface area contributed by atoms with Crippen molar-refractivity contribution in [3.05, 3.63) is 35.6 Å². The van der Waals surface area contributed by atoms with Crippen molar-refractivity contribution in [2.75, 3.05) is 13.1 Å². The fraction of sp³-hybridized carbons (Fsp3) is 0.571. The van der Waals surface area contributed by atoms with Crippen LogP contribution in [0.15, 0.2) is 24.3 Å². The summed E-state index contributed by atoms with van der Waals surface area (Å²) in [6, 6.07) is 6.97. The molecule has 0 bridgehead atoms. The van der Waals surface area contributed by atoms with Crippen LogP contribution in [0.25, 0.3) is 0 Å². The van der Waals surface area contributed by atoms with Crippen molar-refractivity contribution in [2.45, 2.75) is 38.3 Å². The number of likely N-dealkylation sites (tertiary alicyclic amines) is 1. The Balaban J connectivity index is 2.01. The van der Waals surface area contributed by atoms with Gasteiger partial charge in [-0.05, 0) is 32.4 Å². The maximum Gasteiger partial charge on any atom is 0.129 e. The van der Waals surface area contributed by atoms with Crippen molar-refractivity contribution in [1.82, 2.24) is 4.90 Å². The first-order chi connectivity index (χ1) is 8.18. The van der Waals surface area contributed by atoms with E-state index < -0.39 is 6.10 Å². The Morgan fingerprint density at radius 2 is 2.18 bits per heavy atom. The molecule has 0 unspecified atom stereocenters. The highest BCUT2D eigenvalue weighted by Gasteiger charge is 2.22. The van der Waals surface area contributed by atoms with E-state index in [1.165, 1.54) is 25.3 Å². The second kappa shape index (κ2) is 5.61. The van der Waals surface area contributed by atoms with Gasteiger partial charge in [0.15, 0.2) is 0 Å². The van der Waals surface area contributed by atoms with E-state index in [0.717, 1.165) is 6.54 Å². The molecule has 17 heavy (non-hydrogen) atoms. The van der Waals surface area contributed by atoms with Crippen LogP contribution in [0.4, 0.5) is 4.39 Å². The predicted octanol–water partition coefficient (Wildman–Crippen LogP) is 2.73. The SMILES string of the molecule is C[C@@H]1CCCCN1C[C@H](O)c1ccccc1F. The number of aliphatic hydroxyl groups excluding tert-OH is 1. The zero-order valence-electron chi connectivity index (χ0n) is 10.3. The number of halogens is 1. The largest absolute Gasteiger partial charge is 0.387 e. The fourth-order valence-electron chi connectivity index (χ4n) is 2.49. The van der Waals surface area contributed by atoms with Crippen molar-refractivity contribution in [1.29, 1.82) is 0 Å². The quantitative estimate of drug-likeness (QED) is 0.873. The predicted molar refractivity (Wildman–Crippen MR) is 66.2 cm³/mol. The molecule has 1 fully saturated rings. The molecule has 0 spiro atoms. The number of nitrogens with zero attached hydrogens (tertiary/aromatic N) is 1. The maximum atomic E-state index is 13.5. The number of β-amino-alcohol motifs (C(OH)–C–C–N with tert-alkyl or cyclic N) is 1. The fourth-order valence-corrected chi connectivity index (χ4v) is 2.49. The lowest BCUT2D eigenvalue weighted by Gasteiger charge is -2.34. The van der Waals surface area contributed by atoms with Gasteiger partial charge in [-0.3, -0.25) is 4.90 Å². The molecule has 1 aliphatic heterocycles. The topological polar surface area (TPSA) is 23.5 Å². The molecule has 2 atom stereocenters. The van der Waals surface area contributed by atoms with Crippen molar-refractivity contribution < 1.29 is 9.50 Å². The van der Waals surface area contributed by atoms with Gasteiger partial charge in [0.25, 0.3) is 0 Å². The molecule has 0 saturated carbocycles. The first-order valence-corrected chi connectivity index (χ1v) is 6.35. The third-order valence-corrected chi connectivity index (χ3v) is 3.61. The van der Waals surface area contributed by atoms with Gasteiger partial charge >= 0.3 is 0 Å². The minimum Gasteiger partial charge on any atom is -0.387 e. The van der Waals surface area contributed by atoms with Crippen LogP contribution in [0.5, 0.6) is 0 Å².